The maximum absolute atomic E-state index is 5.10. The molecule has 2 aliphatic heterocycles. The van der Waals surface area contributed by atoms with Crippen molar-refractivity contribution in [2.75, 3.05) is 53.5 Å². The van der Waals surface area contributed by atoms with Crippen molar-refractivity contribution in [3.05, 3.63) is 0 Å². The van der Waals surface area contributed by atoms with Crippen LogP contribution in [0.5, 0.6) is 0 Å². The van der Waals surface area contributed by atoms with Gasteiger partial charge in [-0.2, -0.15) is 0 Å². The van der Waals surface area contributed by atoms with Crippen molar-refractivity contribution in [2.24, 2.45) is 5.92 Å². The summed E-state index contributed by atoms with van der Waals surface area (Å²) in [5, 5.41) is 0. The largest absolute Gasteiger partial charge is 0.379 e. The average molecular weight is 299 g/mol. The highest BCUT2D eigenvalue weighted by Crippen LogP contribution is 2.22. The molecule has 0 aromatic rings. The van der Waals surface area contributed by atoms with Crippen molar-refractivity contribution in [1.29, 1.82) is 0 Å². The normalized spacial score (nSPS) is 25.3. The van der Waals surface area contributed by atoms with Crippen LogP contribution in [0, 0.1) is 5.92 Å². The fourth-order valence-electron chi connectivity index (χ4n) is 3.01. The van der Waals surface area contributed by atoms with Crippen LogP contribution in [-0.4, -0.2) is 63.3 Å². The van der Waals surface area contributed by atoms with Crippen LogP contribution in [0.1, 0.15) is 58.3 Å². The molecule has 0 bridgehead atoms. The van der Waals surface area contributed by atoms with Gasteiger partial charge in [-0.25, -0.2) is 0 Å². The molecule has 0 radical (unpaired) electrons. The average Bonchev–Trinajstić information content (AvgIpc) is 2.51. The lowest BCUT2D eigenvalue weighted by atomic mass is 9.91. The fourth-order valence-corrected chi connectivity index (χ4v) is 3.01. The number of ether oxygens (including phenoxy) is 1. The highest BCUT2D eigenvalue weighted by Gasteiger charge is 2.06. The Bertz CT molecular complexity index is 179. The molecule has 0 aromatic carbocycles. The third-order valence-corrected chi connectivity index (χ3v) is 4.71. The van der Waals surface area contributed by atoms with Gasteiger partial charge in [0.15, 0.2) is 0 Å². The maximum atomic E-state index is 5.10. The second-order valence-electron chi connectivity index (χ2n) is 7.02. The van der Waals surface area contributed by atoms with E-state index in [-0.39, 0.29) is 0 Å². The second kappa shape index (κ2) is 12.4. The topological polar surface area (TPSA) is 15.7 Å². The minimum Gasteiger partial charge on any atom is -0.379 e. The Hall–Kier alpha value is -0.120. The Morgan fingerprint density at radius 1 is 0.667 bits per heavy atom. The van der Waals surface area contributed by atoms with E-state index in [9.17, 15) is 0 Å². The molecule has 3 aliphatic rings. The van der Waals surface area contributed by atoms with Crippen LogP contribution in [0.15, 0.2) is 0 Å². The Kier molecular flexibility index (Phi) is 11.2. The van der Waals surface area contributed by atoms with E-state index in [1.54, 1.807) is 0 Å². The van der Waals surface area contributed by atoms with Crippen LogP contribution in [0.25, 0.3) is 0 Å². The number of rotatable bonds is 0. The zero-order chi connectivity index (χ0) is 15.3. The molecule has 0 unspecified atom stereocenters. The molecule has 0 N–H and O–H groups in total. The zero-order valence-corrected chi connectivity index (χ0v) is 14.8. The molecule has 0 aromatic heterocycles. The maximum Gasteiger partial charge on any atom is 0.0594 e. The van der Waals surface area contributed by atoms with Crippen molar-refractivity contribution < 1.29 is 4.74 Å². The highest BCUT2D eigenvalue weighted by molar-refractivity contribution is 4.59. The van der Waals surface area contributed by atoms with E-state index < -0.39 is 0 Å². The van der Waals surface area contributed by atoms with E-state index in [0.717, 1.165) is 32.2 Å². The molecule has 126 valence electrons. The van der Waals surface area contributed by atoms with E-state index in [2.05, 4.69) is 30.8 Å². The first kappa shape index (κ1) is 18.9. The molecule has 0 spiro atoms. The van der Waals surface area contributed by atoms with Gasteiger partial charge in [-0.3, -0.25) is 0 Å². The SMILES string of the molecule is CC1CCCCC1.CN1CCCCC1.CN1CCOCC1. The smallest absolute Gasteiger partial charge is 0.0594 e. The summed E-state index contributed by atoms with van der Waals surface area (Å²) in [5.41, 5.74) is 0. The van der Waals surface area contributed by atoms with E-state index in [1.165, 1.54) is 64.5 Å². The molecule has 1 aliphatic carbocycles. The first-order chi connectivity index (χ1) is 10.2. The summed E-state index contributed by atoms with van der Waals surface area (Å²) in [5.74, 6) is 1.04. The molecule has 3 nitrogen and oxygen atoms in total. The molecule has 0 amide bonds. The number of piperidine rings is 1. The molecule has 3 rings (SSSR count). The number of morpholine rings is 1. The molecule has 2 heterocycles. The lowest BCUT2D eigenvalue weighted by molar-refractivity contribution is 0.0503. The van der Waals surface area contributed by atoms with Gasteiger partial charge in [-0.15, -0.1) is 0 Å². The number of hydrogen-bond acceptors (Lipinski definition) is 3. The molecular weight excluding hydrogens is 260 g/mol. The lowest BCUT2D eigenvalue weighted by Gasteiger charge is -2.21. The lowest BCUT2D eigenvalue weighted by Crippen LogP contribution is -2.32. The summed E-state index contributed by atoms with van der Waals surface area (Å²) >= 11 is 0. The quantitative estimate of drug-likeness (QED) is 0.679. The summed E-state index contributed by atoms with van der Waals surface area (Å²) < 4.78 is 5.10. The Morgan fingerprint density at radius 2 is 1.14 bits per heavy atom. The number of nitrogens with zero attached hydrogens (tertiary/aromatic N) is 2. The summed E-state index contributed by atoms with van der Waals surface area (Å²) in [6.45, 7) is 9.02. The van der Waals surface area contributed by atoms with Gasteiger partial charge in [0, 0.05) is 13.1 Å². The minimum atomic E-state index is 0.913. The number of likely N-dealkylation sites (N-methyl/N-ethyl adjacent to an activating group) is 1. The van der Waals surface area contributed by atoms with Gasteiger partial charge in [0.05, 0.1) is 13.2 Å². The predicted molar refractivity (Wildman–Crippen MR) is 91.9 cm³/mol. The fraction of sp³-hybridized carbons (Fsp3) is 1.00. The van der Waals surface area contributed by atoms with Crippen LogP contribution in [0.4, 0.5) is 0 Å². The van der Waals surface area contributed by atoms with Crippen molar-refractivity contribution in [2.45, 2.75) is 58.3 Å². The summed E-state index contributed by atoms with van der Waals surface area (Å²) in [6, 6.07) is 0. The van der Waals surface area contributed by atoms with E-state index in [0.29, 0.717) is 0 Å². The van der Waals surface area contributed by atoms with Gasteiger partial charge >= 0.3 is 0 Å². The van der Waals surface area contributed by atoms with Gasteiger partial charge in [-0.05, 0) is 45.9 Å². The van der Waals surface area contributed by atoms with Gasteiger partial charge in [0.25, 0.3) is 0 Å². The van der Waals surface area contributed by atoms with Crippen LogP contribution < -0.4 is 0 Å². The van der Waals surface area contributed by atoms with Gasteiger partial charge in [0.1, 0.15) is 0 Å². The molecule has 1 saturated carbocycles. The molecule has 3 fully saturated rings. The predicted octanol–water partition coefficient (Wildman–Crippen LogP) is 3.64. The van der Waals surface area contributed by atoms with Crippen LogP contribution in [-0.2, 0) is 4.74 Å². The Labute approximate surface area is 133 Å². The molecule has 3 heteroatoms. The third kappa shape index (κ3) is 11.1. The van der Waals surface area contributed by atoms with E-state index in [1.807, 2.05) is 0 Å². The summed E-state index contributed by atoms with van der Waals surface area (Å²) in [6.07, 6.45) is 11.7. The molecule has 2 saturated heterocycles. The Balaban J connectivity index is 0.000000157. The van der Waals surface area contributed by atoms with Crippen molar-refractivity contribution in [1.82, 2.24) is 9.80 Å². The number of likely N-dealkylation sites (tertiary alicyclic amines) is 1. The Morgan fingerprint density at radius 3 is 1.43 bits per heavy atom. The zero-order valence-electron chi connectivity index (χ0n) is 14.8. The standard InChI is InChI=1S/C7H14.C6H13N.C5H11NO/c2*1-7-5-3-2-4-6-7;1-6-2-4-7-5-3-6/h7H,2-6H2,1H3;2-6H2,1H3;2-5H2,1H3. The van der Waals surface area contributed by atoms with Gasteiger partial charge in [0.2, 0.25) is 0 Å². The monoisotopic (exact) mass is 298 g/mol. The van der Waals surface area contributed by atoms with Crippen molar-refractivity contribution in [3.8, 4) is 0 Å². The van der Waals surface area contributed by atoms with Crippen LogP contribution in [0.3, 0.4) is 0 Å². The minimum absolute atomic E-state index is 0.913. The van der Waals surface area contributed by atoms with Gasteiger partial charge < -0.3 is 14.5 Å². The number of hydrogen-bond donors (Lipinski definition) is 0. The van der Waals surface area contributed by atoms with Gasteiger partial charge in [-0.1, -0.05) is 45.4 Å². The second-order valence-corrected chi connectivity index (χ2v) is 7.02. The van der Waals surface area contributed by atoms with Crippen molar-refractivity contribution >= 4 is 0 Å². The van der Waals surface area contributed by atoms with E-state index in [4.69, 9.17) is 4.74 Å². The van der Waals surface area contributed by atoms with E-state index >= 15 is 0 Å². The molecular formula is C18H38N2O. The third-order valence-electron chi connectivity index (χ3n) is 4.71. The van der Waals surface area contributed by atoms with Crippen LogP contribution in [0.2, 0.25) is 0 Å². The molecule has 0 atom stereocenters. The summed E-state index contributed by atoms with van der Waals surface area (Å²) in [7, 11) is 4.31. The van der Waals surface area contributed by atoms with Crippen molar-refractivity contribution in [3.63, 3.8) is 0 Å². The van der Waals surface area contributed by atoms with Crippen LogP contribution >= 0.6 is 0 Å². The highest BCUT2D eigenvalue weighted by atomic mass is 16.5. The first-order valence-electron chi connectivity index (χ1n) is 9.13. The first-order valence-corrected chi connectivity index (χ1v) is 9.13. The molecule has 21 heavy (non-hydrogen) atoms. The summed E-state index contributed by atoms with van der Waals surface area (Å²) in [4.78, 5) is 4.66.